The average molecular weight is 846 g/mol. The second-order valence-corrected chi connectivity index (χ2v) is 16.5. The molecule has 2 aromatic rings. The van der Waals surface area contributed by atoms with Crippen molar-refractivity contribution in [3.8, 4) is 0 Å². The summed E-state index contributed by atoms with van der Waals surface area (Å²) in [5, 5.41) is 5.04. The van der Waals surface area contributed by atoms with Crippen molar-refractivity contribution < 1.29 is 38.1 Å². The number of amides is 1. The molecular weight excluding hydrogens is 792 g/mol. The SMILES string of the molecule is COC(OC)C(=O)/C(Cc1ccccc1Cl)=C(\SC)N1CCC[C@@H](NC(=O)OC(C)(C)C)C1.COC(OC)C(=O)C(Cc1ccccc1Cl)=C(SC)SC. The summed E-state index contributed by atoms with van der Waals surface area (Å²) < 4.78 is 27.1. The lowest BCUT2D eigenvalue weighted by molar-refractivity contribution is -0.153. The maximum atomic E-state index is 13.4. The molecule has 0 radical (unpaired) electrons. The number of thioether (sulfide) groups is 3. The number of hydrogen-bond acceptors (Lipinski definition) is 12. The maximum absolute atomic E-state index is 13.4. The quantitative estimate of drug-likeness (QED) is 0.122. The molecule has 1 N–H and O–H groups in total. The van der Waals surface area contributed by atoms with E-state index >= 15 is 0 Å². The van der Waals surface area contributed by atoms with Crippen LogP contribution in [0.25, 0.3) is 0 Å². The van der Waals surface area contributed by atoms with Crippen molar-refractivity contribution in [2.45, 2.75) is 70.7 Å². The van der Waals surface area contributed by atoms with Crippen LogP contribution in [0.2, 0.25) is 10.0 Å². The van der Waals surface area contributed by atoms with Gasteiger partial charge in [-0.15, -0.1) is 35.3 Å². The molecule has 2 aromatic carbocycles. The second-order valence-electron chi connectivity index (χ2n) is 13.0. The molecule has 1 heterocycles. The van der Waals surface area contributed by atoms with E-state index in [1.54, 1.807) is 0 Å². The number of hydrogen-bond donors (Lipinski definition) is 1. The maximum Gasteiger partial charge on any atom is 0.407 e. The van der Waals surface area contributed by atoms with E-state index in [4.69, 9.17) is 46.9 Å². The second kappa shape index (κ2) is 24.4. The molecule has 15 heteroatoms. The fourth-order valence-electron chi connectivity index (χ4n) is 5.62. The van der Waals surface area contributed by atoms with Gasteiger partial charge in [0.15, 0.2) is 0 Å². The summed E-state index contributed by atoms with van der Waals surface area (Å²) >= 11 is 17.2. The van der Waals surface area contributed by atoms with Crippen LogP contribution < -0.4 is 5.32 Å². The standard InChI is InChI=1S/C24H35ClN2O5S.C15H19ClO3S2/c1-24(2,3)32-23(29)26-17-11-9-13-27(15-17)21(33-6)18(20(28)22(30-4)31-5)14-16-10-7-8-12-19(16)25;1-18-14(19-2)13(17)11(15(20-3)21-4)9-10-7-5-6-8-12(10)16/h7-8,10,12,17,22H,9,11,13-15H2,1-6H3,(H,26,29);5-8,14H,9H2,1-4H3/b21-18-;/t17-;/m1./s1. The third-order valence-electron chi connectivity index (χ3n) is 8.03. The van der Waals surface area contributed by atoms with E-state index in [9.17, 15) is 14.4 Å². The Morgan fingerprint density at radius 3 is 1.67 bits per heavy atom. The van der Waals surface area contributed by atoms with Crippen molar-refractivity contribution in [2.75, 3.05) is 60.3 Å². The van der Waals surface area contributed by atoms with E-state index in [0.29, 0.717) is 40.6 Å². The third-order valence-corrected chi connectivity index (χ3v) is 11.9. The van der Waals surface area contributed by atoms with Crippen molar-refractivity contribution in [1.82, 2.24) is 10.2 Å². The molecule has 0 spiro atoms. The number of Topliss-reactive ketones (excluding diaryl/α,β-unsaturated/α-hetero) is 2. The largest absolute Gasteiger partial charge is 0.444 e. The predicted octanol–water partition coefficient (Wildman–Crippen LogP) is 8.64. The minimum absolute atomic E-state index is 0.0898. The molecule has 0 aromatic heterocycles. The lowest BCUT2D eigenvalue weighted by Gasteiger charge is -2.37. The molecule has 0 aliphatic carbocycles. The summed E-state index contributed by atoms with van der Waals surface area (Å²) in [5.41, 5.74) is 2.43. The number of rotatable bonds is 17. The summed E-state index contributed by atoms with van der Waals surface area (Å²) in [6.45, 7) is 6.85. The van der Waals surface area contributed by atoms with E-state index in [2.05, 4.69) is 10.2 Å². The van der Waals surface area contributed by atoms with Gasteiger partial charge in [-0.1, -0.05) is 59.6 Å². The van der Waals surface area contributed by atoms with Gasteiger partial charge in [-0.05, 0) is 75.6 Å². The van der Waals surface area contributed by atoms with Gasteiger partial charge in [-0.2, -0.15) is 0 Å². The molecule has 54 heavy (non-hydrogen) atoms. The fourth-order valence-corrected chi connectivity index (χ4v) is 8.38. The van der Waals surface area contributed by atoms with Crippen LogP contribution in [-0.4, -0.2) is 107 Å². The first kappa shape index (κ1) is 48.0. The molecule has 0 bridgehead atoms. The highest BCUT2D eigenvalue weighted by Gasteiger charge is 2.31. The zero-order valence-corrected chi connectivity index (χ0v) is 36.7. The van der Waals surface area contributed by atoms with E-state index in [1.165, 1.54) is 63.7 Å². The summed E-state index contributed by atoms with van der Waals surface area (Å²) in [5.74, 6) is -0.412. The van der Waals surface area contributed by atoms with Crippen LogP contribution in [0.1, 0.15) is 44.7 Å². The van der Waals surface area contributed by atoms with Gasteiger partial charge in [0.1, 0.15) is 5.60 Å². The smallest absolute Gasteiger partial charge is 0.407 e. The topological polar surface area (TPSA) is 113 Å². The number of methoxy groups -OCH3 is 4. The van der Waals surface area contributed by atoms with Crippen LogP contribution >= 0.6 is 58.5 Å². The summed E-state index contributed by atoms with van der Waals surface area (Å²) in [6, 6.07) is 14.9. The van der Waals surface area contributed by atoms with E-state index in [1.807, 2.05) is 88.1 Å². The minimum atomic E-state index is -1.01. The Kier molecular flexibility index (Phi) is 21.7. The third kappa shape index (κ3) is 15.0. The van der Waals surface area contributed by atoms with Crippen molar-refractivity contribution in [1.29, 1.82) is 0 Å². The van der Waals surface area contributed by atoms with Crippen LogP contribution in [0.3, 0.4) is 0 Å². The van der Waals surface area contributed by atoms with Crippen molar-refractivity contribution in [2.24, 2.45) is 0 Å². The highest BCUT2D eigenvalue weighted by Crippen LogP contribution is 2.33. The number of piperidine rings is 1. The Bertz CT molecular complexity index is 1590. The zero-order valence-electron chi connectivity index (χ0n) is 32.8. The van der Waals surface area contributed by atoms with E-state index < -0.39 is 24.3 Å². The number of ketones is 2. The van der Waals surface area contributed by atoms with Crippen LogP contribution in [0.15, 0.2) is 68.9 Å². The normalized spacial score (nSPS) is 14.9. The van der Waals surface area contributed by atoms with Crippen LogP contribution in [-0.2, 0) is 46.1 Å². The average Bonchev–Trinajstić information content (AvgIpc) is 3.13. The van der Waals surface area contributed by atoms with Gasteiger partial charge in [0.25, 0.3) is 0 Å². The zero-order chi connectivity index (χ0) is 40.4. The van der Waals surface area contributed by atoms with Crippen molar-refractivity contribution in [3.63, 3.8) is 0 Å². The molecule has 1 amide bonds. The number of carbonyl (C=O) groups is 3. The molecule has 0 unspecified atom stereocenters. The number of halogens is 2. The number of benzene rings is 2. The van der Waals surface area contributed by atoms with Gasteiger partial charge in [0.05, 0.1) is 5.03 Å². The first-order chi connectivity index (χ1) is 25.7. The number of nitrogens with zero attached hydrogens (tertiary/aromatic N) is 1. The molecule has 3 rings (SSSR count). The molecular formula is C39H54Cl2N2O8S3. The highest BCUT2D eigenvalue weighted by molar-refractivity contribution is 8.21. The monoisotopic (exact) mass is 844 g/mol. The summed E-state index contributed by atoms with van der Waals surface area (Å²) in [4.78, 5) is 40.4. The molecule has 1 saturated heterocycles. The van der Waals surface area contributed by atoms with Gasteiger partial charge in [-0.3, -0.25) is 9.59 Å². The van der Waals surface area contributed by atoms with Gasteiger partial charge >= 0.3 is 6.09 Å². The molecule has 10 nitrogen and oxygen atoms in total. The van der Waals surface area contributed by atoms with Crippen LogP contribution in [0.5, 0.6) is 0 Å². The first-order valence-corrected chi connectivity index (χ1v) is 21.6. The Morgan fingerprint density at radius 2 is 1.24 bits per heavy atom. The molecule has 1 fully saturated rings. The van der Waals surface area contributed by atoms with E-state index in [0.717, 1.165) is 39.8 Å². The first-order valence-electron chi connectivity index (χ1n) is 17.2. The molecule has 1 atom stereocenters. The number of alkyl carbamates (subject to hydrolysis) is 1. The number of carbonyl (C=O) groups excluding carboxylic acids is 3. The Balaban J connectivity index is 0.000000413. The van der Waals surface area contributed by atoms with Gasteiger partial charge in [0.2, 0.25) is 24.1 Å². The van der Waals surface area contributed by atoms with Crippen LogP contribution in [0.4, 0.5) is 4.79 Å². The molecule has 0 saturated carbocycles. The minimum Gasteiger partial charge on any atom is -0.444 e. The molecule has 1 aliphatic rings. The van der Waals surface area contributed by atoms with Crippen molar-refractivity contribution in [3.05, 3.63) is 90.1 Å². The van der Waals surface area contributed by atoms with Gasteiger partial charge in [-0.25, -0.2) is 4.79 Å². The number of likely N-dealkylation sites (tertiary alicyclic amines) is 1. The van der Waals surface area contributed by atoms with Crippen LogP contribution in [0, 0.1) is 0 Å². The fraction of sp³-hybridized carbons (Fsp3) is 0.513. The molecule has 1 aliphatic heterocycles. The number of nitrogens with one attached hydrogen (secondary N) is 1. The Hall–Kier alpha value is -2.20. The predicted molar refractivity (Wildman–Crippen MR) is 224 cm³/mol. The summed E-state index contributed by atoms with van der Waals surface area (Å²) in [6.07, 6.45) is 6.00. The Morgan fingerprint density at radius 1 is 0.778 bits per heavy atom. The molecule has 300 valence electrons. The highest BCUT2D eigenvalue weighted by atomic mass is 35.5. The summed E-state index contributed by atoms with van der Waals surface area (Å²) in [7, 11) is 5.80. The van der Waals surface area contributed by atoms with Gasteiger partial charge in [0, 0.05) is 85.8 Å². The van der Waals surface area contributed by atoms with Gasteiger partial charge < -0.3 is 33.9 Å². The Labute approximate surface area is 343 Å². The number of ether oxygens (including phenoxy) is 5. The van der Waals surface area contributed by atoms with E-state index in [-0.39, 0.29) is 17.6 Å². The van der Waals surface area contributed by atoms with Crippen molar-refractivity contribution >= 4 is 76.1 Å². The lowest BCUT2D eigenvalue weighted by Crippen LogP contribution is -2.48. The lowest BCUT2D eigenvalue weighted by atomic mass is 10.00.